The van der Waals surface area contributed by atoms with Gasteiger partial charge in [-0.25, -0.2) is 0 Å². The number of nitrogen functional groups attached to an aromatic ring is 1. The average molecular weight is 208 g/mol. The number of nitrogens with one attached hydrogen (secondary N) is 2. The van der Waals surface area contributed by atoms with Crippen LogP contribution in [0.3, 0.4) is 0 Å². The van der Waals surface area contributed by atoms with Crippen LogP contribution in [0.5, 0.6) is 0 Å². The first kappa shape index (κ1) is 11.5. The smallest absolute Gasteiger partial charge is 0.270 e. The van der Waals surface area contributed by atoms with Crippen molar-refractivity contribution in [2.75, 3.05) is 5.43 Å². The second kappa shape index (κ2) is 4.27. The monoisotopic (exact) mass is 208 g/mol. The number of aromatic nitrogens is 1. The third-order valence-corrected chi connectivity index (χ3v) is 1.65. The van der Waals surface area contributed by atoms with Gasteiger partial charge in [-0.05, 0) is 32.9 Å². The van der Waals surface area contributed by atoms with Gasteiger partial charge in [0.2, 0.25) is 0 Å². The number of nitrogens with zero attached hydrogens (tertiary/aromatic N) is 1. The highest BCUT2D eigenvalue weighted by molar-refractivity contribution is 5.93. The molecule has 5 heteroatoms. The van der Waals surface area contributed by atoms with Crippen LogP contribution in [-0.4, -0.2) is 16.4 Å². The summed E-state index contributed by atoms with van der Waals surface area (Å²) in [6.07, 6.45) is 1.53. The minimum Gasteiger partial charge on any atom is -0.346 e. The maximum atomic E-state index is 11.7. The van der Waals surface area contributed by atoms with Gasteiger partial charge in [0.25, 0.3) is 5.91 Å². The van der Waals surface area contributed by atoms with E-state index in [0.717, 1.165) is 0 Å². The lowest BCUT2D eigenvalue weighted by Crippen LogP contribution is -2.40. The van der Waals surface area contributed by atoms with E-state index in [4.69, 9.17) is 5.84 Å². The molecule has 0 bridgehead atoms. The second-order valence-corrected chi connectivity index (χ2v) is 4.28. The summed E-state index contributed by atoms with van der Waals surface area (Å²) in [5.41, 5.74) is 3.20. The SMILES string of the molecule is CC(C)(C)NC(=O)c1cc(NN)ccn1. The first-order valence-electron chi connectivity index (χ1n) is 4.67. The molecule has 0 radical (unpaired) electrons. The van der Waals surface area contributed by atoms with Gasteiger partial charge in [0, 0.05) is 11.7 Å². The summed E-state index contributed by atoms with van der Waals surface area (Å²) in [6.45, 7) is 5.74. The summed E-state index contributed by atoms with van der Waals surface area (Å²) in [5, 5.41) is 2.82. The molecule has 1 aromatic rings. The van der Waals surface area contributed by atoms with Crippen LogP contribution in [0.15, 0.2) is 18.3 Å². The summed E-state index contributed by atoms with van der Waals surface area (Å²) >= 11 is 0. The van der Waals surface area contributed by atoms with E-state index in [0.29, 0.717) is 11.4 Å². The Kier molecular flexibility index (Phi) is 3.26. The summed E-state index contributed by atoms with van der Waals surface area (Å²) in [6, 6.07) is 3.29. The van der Waals surface area contributed by atoms with Gasteiger partial charge in [-0.3, -0.25) is 15.6 Å². The van der Waals surface area contributed by atoms with Crippen LogP contribution in [0.2, 0.25) is 0 Å². The molecule has 1 heterocycles. The number of anilines is 1. The van der Waals surface area contributed by atoms with Gasteiger partial charge in [-0.1, -0.05) is 0 Å². The topological polar surface area (TPSA) is 80.0 Å². The fraction of sp³-hybridized carbons (Fsp3) is 0.400. The van der Waals surface area contributed by atoms with Crippen molar-refractivity contribution in [3.05, 3.63) is 24.0 Å². The highest BCUT2D eigenvalue weighted by Crippen LogP contribution is 2.07. The molecule has 15 heavy (non-hydrogen) atoms. The lowest BCUT2D eigenvalue weighted by atomic mass is 10.1. The van der Waals surface area contributed by atoms with E-state index in [2.05, 4.69) is 15.7 Å². The average Bonchev–Trinajstić information content (AvgIpc) is 2.15. The van der Waals surface area contributed by atoms with Crippen molar-refractivity contribution in [2.24, 2.45) is 5.84 Å². The Morgan fingerprint density at radius 1 is 1.47 bits per heavy atom. The Morgan fingerprint density at radius 2 is 2.13 bits per heavy atom. The summed E-state index contributed by atoms with van der Waals surface area (Å²) in [5.74, 6) is 5.03. The Bertz CT molecular complexity index is 357. The molecule has 0 saturated carbocycles. The molecular formula is C10H16N4O. The predicted octanol–water partition coefficient (Wildman–Crippen LogP) is 0.895. The second-order valence-electron chi connectivity index (χ2n) is 4.28. The van der Waals surface area contributed by atoms with Gasteiger partial charge >= 0.3 is 0 Å². The number of pyridine rings is 1. The van der Waals surface area contributed by atoms with Crippen molar-refractivity contribution in [3.8, 4) is 0 Å². The van der Waals surface area contributed by atoms with Crippen LogP contribution in [0.4, 0.5) is 5.69 Å². The Hall–Kier alpha value is -1.62. The van der Waals surface area contributed by atoms with E-state index in [1.165, 1.54) is 6.20 Å². The third kappa shape index (κ3) is 3.55. The lowest BCUT2D eigenvalue weighted by molar-refractivity contribution is 0.0914. The number of hydrazine groups is 1. The van der Waals surface area contributed by atoms with Crippen LogP contribution in [0.25, 0.3) is 0 Å². The Labute approximate surface area is 89.0 Å². The number of amides is 1. The van der Waals surface area contributed by atoms with Gasteiger partial charge in [-0.15, -0.1) is 0 Å². The minimum absolute atomic E-state index is 0.209. The van der Waals surface area contributed by atoms with E-state index in [9.17, 15) is 4.79 Å². The van der Waals surface area contributed by atoms with E-state index in [1.54, 1.807) is 12.1 Å². The Morgan fingerprint density at radius 3 is 2.67 bits per heavy atom. The van der Waals surface area contributed by atoms with Crippen LogP contribution in [0, 0.1) is 0 Å². The van der Waals surface area contributed by atoms with Crippen LogP contribution in [-0.2, 0) is 0 Å². The number of hydrogen-bond acceptors (Lipinski definition) is 4. The molecule has 82 valence electrons. The number of nitrogens with two attached hydrogens (primary N) is 1. The highest BCUT2D eigenvalue weighted by Gasteiger charge is 2.16. The van der Waals surface area contributed by atoms with Crippen molar-refractivity contribution in [2.45, 2.75) is 26.3 Å². The molecule has 5 nitrogen and oxygen atoms in total. The lowest BCUT2D eigenvalue weighted by Gasteiger charge is -2.20. The molecule has 1 rings (SSSR count). The molecule has 0 aliphatic rings. The van der Waals surface area contributed by atoms with Gasteiger partial charge in [-0.2, -0.15) is 0 Å². The first-order valence-corrected chi connectivity index (χ1v) is 4.67. The molecule has 1 aromatic heterocycles. The summed E-state index contributed by atoms with van der Waals surface area (Å²) in [4.78, 5) is 15.7. The van der Waals surface area contributed by atoms with Gasteiger partial charge in [0.1, 0.15) is 5.69 Å². The van der Waals surface area contributed by atoms with Crippen LogP contribution < -0.4 is 16.6 Å². The molecule has 0 aliphatic heterocycles. The molecule has 0 unspecified atom stereocenters. The van der Waals surface area contributed by atoms with Crippen molar-refractivity contribution >= 4 is 11.6 Å². The molecule has 1 amide bonds. The fourth-order valence-corrected chi connectivity index (χ4v) is 1.05. The van der Waals surface area contributed by atoms with Crippen molar-refractivity contribution in [1.82, 2.24) is 10.3 Å². The molecule has 0 saturated heterocycles. The zero-order valence-corrected chi connectivity index (χ0v) is 9.16. The quantitative estimate of drug-likeness (QED) is 0.498. The maximum Gasteiger partial charge on any atom is 0.270 e. The maximum absolute atomic E-state index is 11.7. The Balaban J connectivity index is 2.82. The largest absolute Gasteiger partial charge is 0.346 e. The molecule has 4 N–H and O–H groups in total. The summed E-state index contributed by atoms with van der Waals surface area (Å²) < 4.78 is 0. The van der Waals surface area contributed by atoms with Gasteiger partial charge < -0.3 is 10.7 Å². The van der Waals surface area contributed by atoms with Crippen molar-refractivity contribution in [1.29, 1.82) is 0 Å². The minimum atomic E-state index is -0.273. The fourth-order valence-electron chi connectivity index (χ4n) is 1.05. The van der Waals surface area contributed by atoms with Gasteiger partial charge in [0.15, 0.2) is 0 Å². The molecule has 0 fully saturated rings. The molecule has 0 aliphatic carbocycles. The molecular weight excluding hydrogens is 192 g/mol. The number of carbonyl (C=O) groups is 1. The normalized spacial score (nSPS) is 10.9. The van der Waals surface area contributed by atoms with Crippen LogP contribution in [0.1, 0.15) is 31.3 Å². The van der Waals surface area contributed by atoms with E-state index < -0.39 is 0 Å². The van der Waals surface area contributed by atoms with E-state index in [-0.39, 0.29) is 11.4 Å². The third-order valence-electron chi connectivity index (χ3n) is 1.65. The number of rotatable bonds is 2. The van der Waals surface area contributed by atoms with Crippen molar-refractivity contribution < 1.29 is 4.79 Å². The number of hydrogen-bond donors (Lipinski definition) is 3. The van der Waals surface area contributed by atoms with Crippen LogP contribution >= 0.6 is 0 Å². The zero-order valence-electron chi connectivity index (χ0n) is 9.16. The van der Waals surface area contributed by atoms with E-state index >= 15 is 0 Å². The number of carbonyl (C=O) groups excluding carboxylic acids is 1. The van der Waals surface area contributed by atoms with Crippen molar-refractivity contribution in [3.63, 3.8) is 0 Å². The first-order chi connectivity index (χ1) is 6.92. The van der Waals surface area contributed by atoms with E-state index in [1.807, 2.05) is 20.8 Å². The molecule has 0 atom stereocenters. The molecule has 0 spiro atoms. The summed E-state index contributed by atoms with van der Waals surface area (Å²) in [7, 11) is 0. The predicted molar refractivity (Wildman–Crippen MR) is 59.3 cm³/mol. The highest BCUT2D eigenvalue weighted by atomic mass is 16.2. The molecule has 0 aromatic carbocycles. The zero-order chi connectivity index (χ0) is 11.5. The standard InChI is InChI=1S/C10H16N4O/c1-10(2,3)13-9(15)8-6-7(14-11)4-5-12-8/h4-6H,11H2,1-3H3,(H,12,14)(H,13,15). The van der Waals surface area contributed by atoms with Gasteiger partial charge in [0.05, 0.1) is 5.69 Å².